The molecule has 1 atom stereocenters. The Morgan fingerprint density at radius 1 is 1.73 bits per heavy atom. The van der Waals surface area contributed by atoms with E-state index in [0.717, 1.165) is 5.75 Å². The monoisotopic (exact) mass is 177 g/mol. The van der Waals surface area contributed by atoms with Crippen LogP contribution in [0.3, 0.4) is 0 Å². The highest BCUT2D eigenvalue weighted by Crippen LogP contribution is 1.89. The van der Waals surface area contributed by atoms with Gasteiger partial charge in [0.1, 0.15) is 6.10 Å². The fourth-order valence-corrected chi connectivity index (χ4v) is 0.833. The van der Waals surface area contributed by atoms with Gasteiger partial charge in [-0.3, -0.25) is 4.79 Å². The average Bonchev–Trinajstić information content (AvgIpc) is 2.03. The first-order valence-electron chi connectivity index (χ1n) is 3.51. The molecule has 66 valence electrons. The van der Waals surface area contributed by atoms with Crippen molar-refractivity contribution >= 4 is 17.7 Å². The summed E-state index contributed by atoms with van der Waals surface area (Å²) in [4.78, 5) is 11.0. The normalized spacial score (nSPS) is 12.6. The molecule has 1 amide bonds. The second-order valence-corrected chi connectivity index (χ2v) is 3.15. The van der Waals surface area contributed by atoms with Crippen molar-refractivity contribution in [3.05, 3.63) is 0 Å². The number of amides is 1. The summed E-state index contributed by atoms with van der Waals surface area (Å²) in [5, 5.41) is 2.75. The van der Waals surface area contributed by atoms with Crippen LogP contribution in [0.5, 0.6) is 0 Å². The van der Waals surface area contributed by atoms with E-state index in [2.05, 4.69) is 5.32 Å². The van der Waals surface area contributed by atoms with Crippen LogP contribution < -0.4 is 5.32 Å². The molecule has 0 aliphatic heterocycles. The predicted octanol–water partition coefficient (Wildman–Crippen LogP) is 0.500. The molecule has 0 fully saturated rings. The van der Waals surface area contributed by atoms with Gasteiger partial charge in [-0.05, 0) is 13.2 Å². The first kappa shape index (κ1) is 10.8. The lowest BCUT2D eigenvalue weighted by molar-refractivity contribution is -0.129. The molecule has 0 aromatic rings. The molecule has 0 aromatic carbocycles. The number of carbonyl (C=O) groups is 1. The van der Waals surface area contributed by atoms with Crippen molar-refractivity contribution in [1.29, 1.82) is 0 Å². The van der Waals surface area contributed by atoms with E-state index in [1.165, 1.54) is 7.11 Å². The van der Waals surface area contributed by atoms with E-state index in [4.69, 9.17) is 4.74 Å². The van der Waals surface area contributed by atoms with Gasteiger partial charge in [-0.1, -0.05) is 0 Å². The van der Waals surface area contributed by atoms with Crippen LogP contribution in [0.1, 0.15) is 6.92 Å². The van der Waals surface area contributed by atoms with Crippen molar-refractivity contribution in [3.8, 4) is 0 Å². The third-order valence-corrected chi connectivity index (χ3v) is 1.94. The zero-order valence-electron chi connectivity index (χ0n) is 7.22. The van der Waals surface area contributed by atoms with Gasteiger partial charge in [0.15, 0.2) is 0 Å². The highest BCUT2D eigenvalue weighted by molar-refractivity contribution is 7.98. The van der Waals surface area contributed by atoms with Gasteiger partial charge in [0, 0.05) is 19.4 Å². The van der Waals surface area contributed by atoms with Gasteiger partial charge in [-0.2, -0.15) is 11.8 Å². The Bertz CT molecular complexity index is 119. The Hall–Kier alpha value is -0.220. The zero-order chi connectivity index (χ0) is 8.69. The third-order valence-electron chi connectivity index (χ3n) is 1.33. The summed E-state index contributed by atoms with van der Waals surface area (Å²) in [6, 6.07) is 0. The molecule has 4 heteroatoms. The van der Waals surface area contributed by atoms with Crippen molar-refractivity contribution in [2.24, 2.45) is 0 Å². The van der Waals surface area contributed by atoms with E-state index >= 15 is 0 Å². The summed E-state index contributed by atoms with van der Waals surface area (Å²) in [5.74, 6) is 0.906. The SMILES string of the molecule is COC(C)C(=O)NCCSC. The van der Waals surface area contributed by atoms with E-state index in [0.29, 0.717) is 6.54 Å². The van der Waals surface area contributed by atoms with Crippen molar-refractivity contribution < 1.29 is 9.53 Å². The Kier molecular flexibility index (Phi) is 6.36. The second kappa shape index (κ2) is 6.49. The van der Waals surface area contributed by atoms with Gasteiger partial charge >= 0.3 is 0 Å². The number of hydrogen-bond donors (Lipinski definition) is 1. The lowest BCUT2D eigenvalue weighted by atomic mass is 10.4. The standard InChI is InChI=1S/C7H15NO2S/c1-6(10-2)7(9)8-4-5-11-3/h6H,4-5H2,1-3H3,(H,8,9). The number of thioether (sulfide) groups is 1. The number of hydrogen-bond acceptors (Lipinski definition) is 3. The fraction of sp³-hybridized carbons (Fsp3) is 0.857. The van der Waals surface area contributed by atoms with Crippen LogP contribution >= 0.6 is 11.8 Å². The highest BCUT2D eigenvalue weighted by Gasteiger charge is 2.09. The molecule has 0 saturated heterocycles. The molecule has 0 radical (unpaired) electrons. The van der Waals surface area contributed by atoms with Crippen LogP contribution in [0, 0.1) is 0 Å². The number of ether oxygens (including phenoxy) is 1. The molecular weight excluding hydrogens is 162 g/mol. The fourth-order valence-electron chi connectivity index (χ4n) is 0.527. The molecule has 0 saturated carbocycles. The van der Waals surface area contributed by atoms with E-state index in [1.54, 1.807) is 18.7 Å². The van der Waals surface area contributed by atoms with Crippen LogP contribution in [-0.2, 0) is 9.53 Å². The van der Waals surface area contributed by atoms with Crippen LogP contribution in [0.15, 0.2) is 0 Å². The van der Waals surface area contributed by atoms with Crippen LogP contribution in [0.2, 0.25) is 0 Å². The zero-order valence-corrected chi connectivity index (χ0v) is 8.03. The van der Waals surface area contributed by atoms with Gasteiger partial charge in [-0.25, -0.2) is 0 Å². The molecule has 0 spiro atoms. The van der Waals surface area contributed by atoms with Crippen molar-refractivity contribution in [2.75, 3.05) is 25.7 Å². The van der Waals surface area contributed by atoms with Gasteiger partial charge < -0.3 is 10.1 Å². The second-order valence-electron chi connectivity index (χ2n) is 2.16. The lowest BCUT2D eigenvalue weighted by Gasteiger charge is -2.09. The number of methoxy groups -OCH3 is 1. The van der Waals surface area contributed by atoms with E-state index in [-0.39, 0.29) is 12.0 Å². The Morgan fingerprint density at radius 3 is 2.82 bits per heavy atom. The van der Waals surface area contributed by atoms with Crippen molar-refractivity contribution in [3.63, 3.8) is 0 Å². The summed E-state index contributed by atoms with van der Waals surface area (Å²) in [6.07, 6.45) is 1.67. The molecule has 1 unspecified atom stereocenters. The van der Waals surface area contributed by atoms with Crippen LogP contribution in [0.25, 0.3) is 0 Å². The Balaban J connectivity index is 3.36. The highest BCUT2D eigenvalue weighted by atomic mass is 32.2. The van der Waals surface area contributed by atoms with E-state index in [1.807, 2.05) is 6.26 Å². The van der Waals surface area contributed by atoms with Crippen LogP contribution in [0.4, 0.5) is 0 Å². The van der Waals surface area contributed by atoms with Gasteiger partial charge in [0.25, 0.3) is 0 Å². The average molecular weight is 177 g/mol. The minimum atomic E-state index is -0.336. The molecule has 3 nitrogen and oxygen atoms in total. The van der Waals surface area contributed by atoms with Gasteiger partial charge in [-0.15, -0.1) is 0 Å². The summed E-state index contributed by atoms with van der Waals surface area (Å²) in [7, 11) is 1.53. The molecule has 11 heavy (non-hydrogen) atoms. The molecule has 0 aliphatic rings. The molecule has 0 aliphatic carbocycles. The quantitative estimate of drug-likeness (QED) is 0.621. The minimum absolute atomic E-state index is 0.0402. The Labute approximate surface area is 71.9 Å². The Morgan fingerprint density at radius 2 is 2.36 bits per heavy atom. The molecule has 0 heterocycles. The van der Waals surface area contributed by atoms with Crippen molar-refractivity contribution in [2.45, 2.75) is 13.0 Å². The topological polar surface area (TPSA) is 38.3 Å². The van der Waals surface area contributed by atoms with E-state index < -0.39 is 0 Å². The molecule has 0 rings (SSSR count). The third kappa shape index (κ3) is 5.09. The first-order valence-corrected chi connectivity index (χ1v) is 4.91. The van der Waals surface area contributed by atoms with Gasteiger partial charge in [0.05, 0.1) is 0 Å². The molecule has 1 N–H and O–H groups in total. The first-order chi connectivity index (χ1) is 5.22. The largest absolute Gasteiger partial charge is 0.372 e. The van der Waals surface area contributed by atoms with E-state index in [9.17, 15) is 4.79 Å². The summed E-state index contributed by atoms with van der Waals surface area (Å²) < 4.78 is 4.82. The predicted molar refractivity (Wildman–Crippen MR) is 47.9 cm³/mol. The molecule has 0 bridgehead atoms. The summed E-state index contributed by atoms with van der Waals surface area (Å²) >= 11 is 1.71. The summed E-state index contributed by atoms with van der Waals surface area (Å²) in [5.41, 5.74) is 0. The maximum atomic E-state index is 11.0. The number of rotatable bonds is 5. The maximum absolute atomic E-state index is 11.0. The number of carbonyl (C=O) groups excluding carboxylic acids is 1. The van der Waals surface area contributed by atoms with Gasteiger partial charge in [0.2, 0.25) is 5.91 Å². The lowest BCUT2D eigenvalue weighted by Crippen LogP contribution is -2.35. The molecule has 0 aromatic heterocycles. The number of nitrogens with one attached hydrogen (secondary N) is 1. The maximum Gasteiger partial charge on any atom is 0.248 e. The van der Waals surface area contributed by atoms with Crippen LogP contribution in [-0.4, -0.2) is 37.7 Å². The molecular formula is C7H15NO2S. The minimum Gasteiger partial charge on any atom is -0.372 e. The van der Waals surface area contributed by atoms with Crippen molar-refractivity contribution in [1.82, 2.24) is 5.32 Å². The summed E-state index contributed by atoms with van der Waals surface area (Å²) in [6.45, 7) is 2.45. The smallest absolute Gasteiger partial charge is 0.248 e.